The number of alkyl halides is 2. The summed E-state index contributed by atoms with van der Waals surface area (Å²) in [6.45, 7) is 0.424. The minimum absolute atomic E-state index is 0.119. The van der Waals surface area contributed by atoms with E-state index < -0.39 is 5.92 Å². The first kappa shape index (κ1) is 16.9. The minimum atomic E-state index is -2.63. The summed E-state index contributed by atoms with van der Waals surface area (Å²) in [5.74, 6) is -2.08. The zero-order valence-corrected chi connectivity index (χ0v) is 13.4. The molecule has 2 aromatic rings. The average molecular weight is 345 g/mol. The van der Waals surface area contributed by atoms with Crippen molar-refractivity contribution in [1.82, 2.24) is 4.98 Å². The van der Waals surface area contributed by atoms with E-state index in [9.17, 15) is 13.7 Å². The first-order valence-corrected chi connectivity index (χ1v) is 7.81. The van der Waals surface area contributed by atoms with E-state index >= 15 is 0 Å². The minimum Gasteiger partial charge on any atom is -0.398 e. The molecule has 0 aliphatic carbocycles. The fraction of sp³-hybridized carbons (Fsp3) is 0.294. The molecule has 0 saturated carbocycles. The predicted octanol–water partition coefficient (Wildman–Crippen LogP) is 3.71. The fourth-order valence-electron chi connectivity index (χ4n) is 2.78. The Bertz CT molecular complexity index is 814. The molecule has 3 rings (SSSR count). The highest BCUT2D eigenvalue weighted by atomic mass is 19.3. The number of nitrogens with zero attached hydrogens (tertiary/aromatic N) is 3. The Morgan fingerprint density at radius 3 is 2.64 bits per heavy atom. The van der Waals surface area contributed by atoms with E-state index in [4.69, 9.17) is 11.1 Å². The van der Waals surface area contributed by atoms with Crippen LogP contribution in [-0.4, -0.2) is 29.7 Å². The lowest BCUT2D eigenvalue weighted by molar-refractivity contribution is -0.0221. The molecule has 0 radical (unpaired) electrons. The second kappa shape index (κ2) is 6.54. The van der Waals surface area contributed by atoms with Crippen LogP contribution in [0.1, 0.15) is 24.0 Å². The van der Waals surface area contributed by atoms with E-state index in [2.05, 4.69) is 10.2 Å². The zero-order valence-electron chi connectivity index (χ0n) is 13.4. The molecule has 1 aromatic carbocycles. The standard InChI is InChI=1S/C17H17F2N5O/c18-17(19)4-7-24(8-5-17)15-9-11(3-6-22-15)16(21)13-10-12(23-25)1-2-14(13)20/h1-3,6,9-10,21H,4-5,7-8,20H2. The first-order chi connectivity index (χ1) is 11.9. The third-order valence-electron chi connectivity index (χ3n) is 4.26. The molecule has 0 bridgehead atoms. The number of pyridine rings is 1. The molecule has 1 aromatic heterocycles. The quantitative estimate of drug-likeness (QED) is 0.501. The molecule has 3 N–H and O–H groups in total. The number of rotatable bonds is 4. The molecule has 1 fully saturated rings. The van der Waals surface area contributed by atoms with E-state index in [-0.39, 0.29) is 37.3 Å². The van der Waals surface area contributed by atoms with Crippen molar-refractivity contribution < 1.29 is 8.78 Å². The van der Waals surface area contributed by atoms with Crippen molar-refractivity contribution in [2.45, 2.75) is 18.8 Å². The molecule has 0 amide bonds. The third kappa shape index (κ3) is 3.62. The van der Waals surface area contributed by atoms with Gasteiger partial charge >= 0.3 is 0 Å². The van der Waals surface area contributed by atoms with Gasteiger partial charge in [0.15, 0.2) is 0 Å². The van der Waals surface area contributed by atoms with Crippen LogP contribution in [0.3, 0.4) is 0 Å². The van der Waals surface area contributed by atoms with E-state index in [1.165, 1.54) is 24.4 Å². The highest BCUT2D eigenvalue weighted by Crippen LogP contribution is 2.30. The Morgan fingerprint density at radius 1 is 1.24 bits per heavy atom. The second-order valence-electron chi connectivity index (χ2n) is 5.98. The predicted molar refractivity (Wildman–Crippen MR) is 92.9 cm³/mol. The van der Waals surface area contributed by atoms with Crippen molar-refractivity contribution in [2.24, 2.45) is 5.18 Å². The first-order valence-electron chi connectivity index (χ1n) is 7.81. The average Bonchev–Trinajstić information content (AvgIpc) is 2.61. The van der Waals surface area contributed by atoms with Crippen molar-refractivity contribution in [3.63, 3.8) is 0 Å². The van der Waals surface area contributed by atoms with Gasteiger partial charge in [0.25, 0.3) is 5.92 Å². The molecule has 2 heterocycles. The topological polar surface area (TPSA) is 95.4 Å². The maximum Gasteiger partial charge on any atom is 0.251 e. The van der Waals surface area contributed by atoms with Crippen LogP contribution in [0.15, 0.2) is 41.7 Å². The van der Waals surface area contributed by atoms with Crippen LogP contribution in [0.25, 0.3) is 0 Å². The fourth-order valence-corrected chi connectivity index (χ4v) is 2.78. The lowest BCUT2D eigenvalue weighted by Gasteiger charge is -2.32. The molecular weight excluding hydrogens is 328 g/mol. The number of piperidine rings is 1. The van der Waals surface area contributed by atoms with Gasteiger partial charge in [0.2, 0.25) is 0 Å². The Balaban J connectivity index is 1.87. The van der Waals surface area contributed by atoms with E-state index in [0.29, 0.717) is 22.6 Å². The van der Waals surface area contributed by atoms with Gasteiger partial charge in [-0.05, 0) is 35.5 Å². The Morgan fingerprint density at radius 2 is 1.96 bits per heavy atom. The monoisotopic (exact) mass is 345 g/mol. The number of nitrogen functional groups attached to an aromatic ring is 1. The summed E-state index contributed by atoms with van der Waals surface area (Å²) in [4.78, 5) is 16.7. The second-order valence-corrected chi connectivity index (χ2v) is 5.98. The highest BCUT2D eigenvalue weighted by Gasteiger charge is 2.34. The molecule has 1 saturated heterocycles. The SMILES string of the molecule is N=C(c1ccnc(N2CCC(F)(F)CC2)c1)c1cc(N=O)ccc1N. The van der Waals surface area contributed by atoms with Gasteiger partial charge in [-0.15, -0.1) is 4.91 Å². The van der Waals surface area contributed by atoms with Crippen molar-refractivity contribution in [3.8, 4) is 0 Å². The summed E-state index contributed by atoms with van der Waals surface area (Å²) in [6.07, 6.45) is 1.11. The summed E-state index contributed by atoms with van der Waals surface area (Å²) in [7, 11) is 0. The summed E-state index contributed by atoms with van der Waals surface area (Å²) < 4.78 is 26.6. The van der Waals surface area contributed by atoms with Crippen LogP contribution < -0.4 is 10.6 Å². The number of hydrogen-bond acceptors (Lipinski definition) is 6. The van der Waals surface area contributed by atoms with Crippen LogP contribution in [0.5, 0.6) is 0 Å². The molecule has 1 aliphatic heterocycles. The maximum atomic E-state index is 13.3. The molecular formula is C17H17F2N5O. The van der Waals surface area contributed by atoms with Gasteiger partial charge in [0.05, 0.1) is 5.71 Å². The van der Waals surface area contributed by atoms with Crippen LogP contribution >= 0.6 is 0 Å². The number of benzene rings is 1. The maximum absolute atomic E-state index is 13.3. The highest BCUT2D eigenvalue weighted by molar-refractivity contribution is 6.14. The van der Waals surface area contributed by atoms with E-state index in [1.54, 1.807) is 17.0 Å². The molecule has 0 unspecified atom stereocenters. The molecule has 1 aliphatic rings. The smallest absolute Gasteiger partial charge is 0.251 e. The van der Waals surface area contributed by atoms with Crippen molar-refractivity contribution >= 4 is 22.9 Å². The van der Waals surface area contributed by atoms with Crippen LogP contribution in [0, 0.1) is 10.3 Å². The molecule has 130 valence electrons. The number of nitrogens with one attached hydrogen (secondary N) is 1. The molecule has 25 heavy (non-hydrogen) atoms. The Labute approximate surface area is 143 Å². The van der Waals surface area contributed by atoms with E-state index in [0.717, 1.165) is 0 Å². The van der Waals surface area contributed by atoms with Crippen molar-refractivity contribution in [3.05, 3.63) is 52.6 Å². The number of nitroso groups, excluding NO2 is 1. The lowest BCUT2D eigenvalue weighted by atomic mass is 10.0. The normalized spacial score (nSPS) is 16.5. The van der Waals surface area contributed by atoms with Crippen LogP contribution in [0.4, 0.5) is 26.0 Å². The summed E-state index contributed by atoms with van der Waals surface area (Å²) in [5, 5.41) is 11.2. The summed E-state index contributed by atoms with van der Waals surface area (Å²) in [5.41, 5.74) is 7.48. The largest absolute Gasteiger partial charge is 0.398 e. The van der Waals surface area contributed by atoms with Gasteiger partial charge < -0.3 is 10.6 Å². The number of anilines is 2. The number of aromatic nitrogens is 1. The molecule has 0 atom stereocenters. The number of hydrogen-bond donors (Lipinski definition) is 2. The van der Waals surface area contributed by atoms with Gasteiger partial charge in [-0.3, -0.25) is 5.41 Å². The van der Waals surface area contributed by atoms with Gasteiger partial charge in [-0.2, -0.15) is 0 Å². The molecule has 0 spiro atoms. The Kier molecular flexibility index (Phi) is 4.43. The van der Waals surface area contributed by atoms with Gasteiger partial charge in [0, 0.05) is 48.9 Å². The molecule has 6 nitrogen and oxygen atoms in total. The van der Waals surface area contributed by atoms with Gasteiger partial charge in [-0.25, -0.2) is 13.8 Å². The third-order valence-corrected chi connectivity index (χ3v) is 4.26. The van der Waals surface area contributed by atoms with E-state index in [1.807, 2.05) is 0 Å². The van der Waals surface area contributed by atoms with Gasteiger partial charge in [0.1, 0.15) is 11.5 Å². The molecule has 8 heteroatoms. The number of halogens is 2. The van der Waals surface area contributed by atoms with Gasteiger partial charge in [-0.1, -0.05) is 0 Å². The lowest BCUT2D eigenvalue weighted by Crippen LogP contribution is -2.39. The Hall–Kier alpha value is -2.90. The number of nitrogens with two attached hydrogens (primary N) is 1. The van der Waals surface area contributed by atoms with Crippen LogP contribution in [0.2, 0.25) is 0 Å². The summed E-state index contributed by atoms with van der Waals surface area (Å²) in [6, 6.07) is 7.77. The van der Waals surface area contributed by atoms with Crippen molar-refractivity contribution in [2.75, 3.05) is 23.7 Å². The van der Waals surface area contributed by atoms with Crippen LogP contribution in [-0.2, 0) is 0 Å². The van der Waals surface area contributed by atoms with Crippen molar-refractivity contribution in [1.29, 1.82) is 5.41 Å². The zero-order chi connectivity index (χ0) is 18.0. The summed E-state index contributed by atoms with van der Waals surface area (Å²) >= 11 is 0.